The van der Waals surface area contributed by atoms with Crippen LogP contribution < -0.4 is 4.74 Å². The van der Waals surface area contributed by atoms with E-state index < -0.39 is 0 Å². The highest BCUT2D eigenvalue weighted by molar-refractivity contribution is 5.39. The van der Waals surface area contributed by atoms with Crippen molar-refractivity contribution in [3.63, 3.8) is 0 Å². The van der Waals surface area contributed by atoms with Gasteiger partial charge in [-0.15, -0.1) is 0 Å². The zero-order valence-electron chi connectivity index (χ0n) is 12.5. The zero-order chi connectivity index (χ0) is 13.6. The van der Waals surface area contributed by atoms with Gasteiger partial charge in [-0.05, 0) is 37.3 Å². The SMILES string of the molecule is CC(C1CCC1)N1CCC2(CC1)Cc1ccccc1O2. The lowest BCUT2D eigenvalue weighted by atomic mass is 9.78. The van der Waals surface area contributed by atoms with Crippen molar-refractivity contribution in [2.75, 3.05) is 13.1 Å². The maximum Gasteiger partial charge on any atom is 0.123 e. The van der Waals surface area contributed by atoms with Crippen molar-refractivity contribution in [1.29, 1.82) is 0 Å². The molecule has 2 fully saturated rings. The second-order valence-electron chi connectivity index (χ2n) is 7.04. The van der Waals surface area contributed by atoms with Gasteiger partial charge in [-0.3, -0.25) is 0 Å². The Morgan fingerprint density at radius 3 is 2.60 bits per heavy atom. The summed E-state index contributed by atoms with van der Waals surface area (Å²) in [5, 5.41) is 0. The second kappa shape index (κ2) is 4.77. The lowest BCUT2D eigenvalue weighted by molar-refractivity contribution is -0.00849. The number of nitrogens with zero attached hydrogens (tertiary/aromatic N) is 1. The van der Waals surface area contributed by atoms with Crippen LogP contribution in [0.4, 0.5) is 0 Å². The molecule has 0 radical (unpaired) electrons. The first-order chi connectivity index (χ1) is 9.76. The van der Waals surface area contributed by atoms with E-state index >= 15 is 0 Å². The summed E-state index contributed by atoms with van der Waals surface area (Å²) < 4.78 is 6.34. The third-order valence-electron chi connectivity index (χ3n) is 5.93. The molecule has 2 heteroatoms. The predicted molar refractivity (Wildman–Crippen MR) is 81.1 cm³/mol. The molecular weight excluding hydrogens is 246 g/mol. The summed E-state index contributed by atoms with van der Waals surface area (Å²) in [4.78, 5) is 2.71. The number of ether oxygens (including phenoxy) is 1. The number of para-hydroxylation sites is 1. The van der Waals surface area contributed by atoms with E-state index in [-0.39, 0.29) is 5.60 Å². The normalized spacial score (nSPS) is 26.9. The Hall–Kier alpha value is -1.02. The van der Waals surface area contributed by atoms with Crippen LogP contribution in [-0.2, 0) is 6.42 Å². The van der Waals surface area contributed by atoms with Gasteiger partial charge in [-0.1, -0.05) is 24.6 Å². The van der Waals surface area contributed by atoms with Crippen molar-refractivity contribution in [2.24, 2.45) is 5.92 Å². The van der Waals surface area contributed by atoms with E-state index in [4.69, 9.17) is 4.74 Å². The molecule has 0 N–H and O–H groups in total. The van der Waals surface area contributed by atoms with Gasteiger partial charge in [0.2, 0.25) is 0 Å². The highest BCUT2D eigenvalue weighted by Crippen LogP contribution is 2.42. The Bertz CT molecular complexity index is 459. The smallest absolute Gasteiger partial charge is 0.123 e. The van der Waals surface area contributed by atoms with Gasteiger partial charge in [0.25, 0.3) is 0 Å². The molecule has 2 nitrogen and oxygen atoms in total. The van der Waals surface area contributed by atoms with E-state index in [2.05, 4.69) is 36.1 Å². The average Bonchev–Trinajstić information content (AvgIpc) is 2.75. The summed E-state index contributed by atoms with van der Waals surface area (Å²) in [6.07, 6.45) is 7.85. The first-order valence-electron chi connectivity index (χ1n) is 8.27. The number of hydrogen-bond donors (Lipinski definition) is 0. The molecule has 20 heavy (non-hydrogen) atoms. The fraction of sp³-hybridized carbons (Fsp3) is 0.667. The Morgan fingerprint density at radius 1 is 1.20 bits per heavy atom. The zero-order valence-corrected chi connectivity index (χ0v) is 12.5. The third-order valence-corrected chi connectivity index (χ3v) is 5.93. The summed E-state index contributed by atoms with van der Waals surface area (Å²) in [5.74, 6) is 2.10. The van der Waals surface area contributed by atoms with Crippen LogP contribution in [0.3, 0.4) is 0 Å². The van der Waals surface area contributed by atoms with Crippen LogP contribution >= 0.6 is 0 Å². The Labute approximate surface area is 122 Å². The molecule has 1 atom stereocenters. The molecule has 0 aromatic heterocycles. The molecule has 4 rings (SSSR count). The highest BCUT2D eigenvalue weighted by Gasteiger charge is 2.43. The number of rotatable bonds is 2. The van der Waals surface area contributed by atoms with Crippen molar-refractivity contribution >= 4 is 0 Å². The largest absolute Gasteiger partial charge is 0.487 e. The minimum Gasteiger partial charge on any atom is -0.487 e. The van der Waals surface area contributed by atoms with Gasteiger partial charge in [-0.2, -0.15) is 0 Å². The number of hydrogen-bond acceptors (Lipinski definition) is 2. The molecule has 1 aliphatic carbocycles. The van der Waals surface area contributed by atoms with Crippen LogP contribution in [0.2, 0.25) is 0 Å². The van der Waals surface area contributed by atoms with Crippen LogP contribution in [-0.4, -0.2) is 29.6 Å². The monoisotopic (exact) mass is 271 g/mol. The molecule has 1 saturated carbocycles. The average molecular weight is 271 g/mol. The molecule has 1 unspecified atom stereocenters. The van der Waals surface area contributed by atoms with Crippen molar-refractivity contribution in [3.05, 3.63) is 29.8 Å². The van der Waals surface area contributed by atoms with E-state index in [1.54, 1.807) is 0 Å². The lowest BCUT2D eigenvalue weighted by Gasteiger charge is -2.45. The fourth-order valence-corrected chi connectivity index (χ4v) is 4.20. The standard InChI is InChI=1S/C18H25NO/c1-14(15-6-4-7-15)19-11-9-18(10-12-19)13-16-5-2-3-8-17(16)20-18/h2-3,5,8,14-15H,4,6-7,9-13H2,1H3. The molecule has 0 bridgehead atoms. The van der Waals surface area contributed by atoms with E-state index in [1.165, 1.54) is 50.8 Å². The predicted octanol–water partition coefficient (Wildman–Crippen LogP) is 3.64. The van der Waals surface area contributed by atoms with Crippen molar-refractivity contribution in [3.8, 4) is 5.75 Å². The van der Waals surface area contributed by atoms with Crippen LogP contribution in [0.5, 0.6) is 5.75 Å². The minimum atomic E-state index is 0.111. The molecule has 1 aromatic carbocycles. The number of fused-ring (bicyclic) bond motifs is 1. The fourth-order valence-electron chi connectivity index (χ4n) is 4.20. The minimum absolute atomic E-state index is 0.111. The third kappa shape index (κ3) is 2.05. The van der Waals surface area contributed by atoms with Gasteiger partial charge in [-0.25, -0.2) is 0 Å². The van der Waals surface area contributed by atoms with Gasteiger partial charge < -0.3 is 9.64 Å². The maximum atomic E-state index is 6.34. The van der Waals surface area contributed by atoms with E-state index in [0.29, 0.717) is 0 Å². The first kappa shape index (κ1) is 12.7. The van der Waals surface area contributed by atoms with Gasteiger partial charge >= 0.3 is 0 Å². The maximum absolute atomic E-state index is 6.34. The number of benzene rings is 1. The van der Waals surface area contributed by atoms with Gasteiger partial charge in [0, 0.05) is 38.4 Å². The highest BCUT2D eigenvalue weighted by atomic mass is 16.5. The Kier molecular flexibility index (Phi) is 3.03. The van der Waals surface area contributed by atoms with Crippen molar-refractivity contribution in [2.45, 2.75) is 57.1 Å². The molecular formula is C18H25NO. The summed E-state index contributed by atoms with van der Waals surface area (Å²) in [5.41, 5.74) is 1.52. The van der Waals surface area contributed by atoms with Crippen LogP contribution in [0.1, 0.15) is 44.6 Å². The van der Waals surface area contributed by atoms with Gasteiger partial charge in [0.05, 0.1) is 0 Å². The van der Waals surface area contributed by atoms with E-state index in [0.717, 1.165) is 24.1 Å². The summed E-state index contributed by atoms with van der Waals surface area (Å²) in [7, 11) is 0. The molecule has 1 saturated heterocycles. The molecule has 1 aromatic rings. The van der Waals surface area contributed by atoms with Crippen LogP contribution in [0.15, 0.2) is 24.3 Å². The van der Waals surface area contributed by atoms with Crippen LogP contribution in [0, 0.1) is 5.92 Å². The number of piperidine rings is 1. The molecule has 108 valence electrons. The molecule has 2 aliphatic heterocycles. The summed E-state index contributed by atoms with van der Waals surface area (Å²) in [6.45, 7) is 4.86. The van der Waals surface area contributed by atoms with E-state index in [1.807, 2.05) is 0 Å². The number of likely N-dealkylation sites (tertiary alicyclic amines) is 1. The van der Waals surface area contributed by atoms with Gasteiger partial charge in [0.15, 0.2) is 0 Å². The topological polar surface area (TPSA) is 12.5 Å². The molecule has 1 spiro atoms. The second-order valence-corrected chi connectivity index (χ2v) is 7.04. The lowest BCUT2D eigenvalue weighted by Crippen LogP contribution is -2.52. The van der Waals surface area contributed by atoms with Crippen LogP contribution in [0.25, 0.3) is 0 Å². The summed E-state index contributed by atoms with van der Waals surface area (Å²) >= 11 is 0. The van der Waals surface area contributed by atoms with E-state index in [9.17, 15) is 0 Å². The van der Waals surface area contributed by atoms with Gasteiger partial charge in [0.1, 0.15) is 11.4 Å². The summed E-state index contributed by atoms with van der Waals surface area (Å²) in [6, 6.07) is 9.37. The molecule has 3 aliphatic rings. The molecule has 2 heterocycles. The first-order valence-corrected chi connectivity index (χ1v) is 8.27. The van der Waals surface area contributed by atoms with Crippen molar-refractivity contribution in [1.82, 2.24) is 4.90 Å². The Balaban J connectivity index is 1.40. The Morgan fingerprint density at radius 2 is 1.95 bits per heavy atom. The quantitative estimate of drug-likeness (QED) is 0.814. The molecule has 0 amide bonds. The van der Waals surface area contributed by atoms with Crippen molar-refractivity contribution < 1.29 is 4.74 Å².